The van der Waals surface area contributed by atoms with Crippen molar-refractivity contribution in [1.82, 2.24) is 9.55 Å². The number of aromatic hydroxyl groups is 1. The largest absolute Gasteiger partial charge is 0.507 e. The Bertz CT molecular complexity index is 1620. The van der Waals surface area contributed by atoms with Crippen LogP contribution >= 0.6 is 0 Å². The molecule has 8 nitrogen and oxygen atoms in total. The first kappa shape index (κ1) is 21.1. The molecule has 0 amide bonds. The van der Waals surface area contributed by atoms with Crippen molar-refractivity contribution in [3.63, 3.8) is 0 Å². The van der Waals surface area contributed by atoms with E-state index in [1.165, 1.54) is 12.1 Å². The van der Waals surface area contributed by atoms with Gasteiger partial charge in [-0.25, -0.2) is 14.6 Å². The Hall–Kier alpha value is -4.46. The van der Waals surface area contributed by atoms with Crippen LogP contribution in [0, 0.1) is 0 Å². The summed E-state index contributed by atoms with van der Waals surface area (Å²) in [6.07, 6.45) is 0.0407. The summed E-state index contributed by atoms with van der Waals surface area (Å²) in [6, 6.07) is 17.3. The number of cyclic esters (lactones) is 1. The van der Waals surface area contributed by atoms with Gasteiger partial charge in [0, 0.05) is 16.5 Å². The molecule has 0 unspecified atom stereocenters. The van der Waals surface area contributed by atoms with Gasteiger partial charge in [-0.15, -0.1) is 0 Å². The number of carbonyl (C=O) groups excluding carboxylic acids is 2. The third-order valence-corrected chi connectivity index (χ3v) is 6.78. The Labute approximate surface area is 199 Å². The summed E-state index contributed by atoms with van der Waals surface area (Å²) >= 11 is 0. The topological polar surface area (TPSA) is 108 Å². The predicted molar refractivity (Wildman–Crippen MR) is 126 cm³/mol. The molecule has 1 N–H and O–H groups in total. The SMILES string of the molecule is CC[C@@]1(OC(=O)c2ccccc2O)C(=O)OCc2c1cc1n(c2=O)Cc2cc3ccccc3nc2-1. The monoisotopic (exact) mass is 468 g/mol. The van der Waals surface area contributed by atoms with Crippen molar-refractivity contribution in [3.05, 3.63) is 93.3 Å². The van der Waals surface area contributed by atoms with Crippen molar-refractivity contribution in [2.45, 2.75) is 32.1 Å². The number of hydrogen-bond acceptors (Lipinski definition) is 7. The van der Waals surface area contributed by atoms with Gasteiger partial charge in [-0.2, -0.15) is 0 Å². The van der Waals surface area contributed by atoms with Crippen LogP contribution in [-0.4, -0.2) is 26.6 Å². The number of para-hydroxylation sites is 2. The number of fused-ring (bicyclic) bond motifs is 5. The van der Waals surface area contributed by atoms with Crippen LogP contribution in [0.3, 0.4) is 0 Å². The Morgan fingerprint density at radius 3 is 2.71 bits per heavy atom. The van der Waals surface area contributed by atoms with E-state index in [0.29, 0.717) is 23.5 Å². The van der Waals surface area contributed by atoms with Gasteiger partial charge in [0.1, 0.15) is 17.9 Å². The first-order chi connectivity index (χ1) is 16.9. The van der Waals surface area contributed by atoms with Gasteiger partial charge < -0.3 is 19.1 Å². The van der Waals surface area contributed by atoms with E-state index in [-0.39, 0.29) is 35.5 Å². The number of phenols is 1. The minimum atomic E-state index is -1.83. The molecule has 4 aromatic rings. The van der Waals surface area contributed by atoms with E-state index in [4.69, 9.17) is 14.5 Å². The van der Waals surface area contributed by atoms with Gasteiger partial charge in [-0.05, 0) is 36.8 Å². The van der Waals surface area contributed by atoms with E-state index in [1.807, 2.05) is 30.3 Å². The molecule has 4 heterocycles. The zero-order valence-electron chi connectivity index (χ0n) is 18.8. The normalized spacial score (nSPS) is 17.9. The Kier molecular flexibility index (Phi) is 4.54. The van der Waals surface area contributed by atoms with E-state index in [0.717, 1.165) is 16.5 Å². The zero-order chi connectivity index (χ0) is 24.3. The van der Waals surface area contributed by atoms with Crippen LogP contribution in [0.4, 0.5) is 0 Å². The first-order valence-electron chi connectivity index (χ1n) is 11.3. The molecule has 2 aromatic heterocycles. The van der Waals surface area contributed by atoms with E-state index >= 15 is 0 Å². The van der Waals surface area contributed by atoms with Gasteiger partial charge in [0.2, 0.25) is 5.60 Å². The number of ether oxygens (including phenoxy) is 2. The van der Waals surface area contributed by atoms with Gasteiger partial charge in [-0.1, -0.05) is 37.3 Å². The molecule has 2 aromatic carbocycles. The number of nitrogens with zero attached hydrogens (tertiary/aromatic N) is 2. The van der Waals surface area contributed by atoms with E-state index in [1.54, 1.807) is 29.7 Å². The number of pyridine rings is 2. The maximum atomic E-state index is 13.6. The minimum absolute atomic E-state index is 0.0407. The molecule has 0 saturated heterocycles. The lowest BCUT2D eigenvalue weighted by atomic mass is 9.85. The van der Waals surface area contributed by atoms with Gasteiger partial charge in [-0.3, -0.25) is 4.79 Å². The first-order valence-corrected chi connectivity index (χ1v) is 11.3. The van der Waals surface area contributed by atoms with Gasteiger partial charge >= 0.3 is 11.9 Å². The molecule has 2 aliphatic rings. The summed E-state index contributed by atoms with van der Waals surface area (Å²) < 4.78 is 12.7. The van der Waals surface area contributed by atoms with E-state index in [2.05, 4.69) is 0 Å². The lowest BCUT2D eigenvalue weighted by Gasteiger charge is -2.35. The Morgan fingerprint density at radius 1 is 1.14 bits per heavy atom. The Morgan fingerprint density at radius 2 is 1.91 bits per heavy atom. The van der Waals surface area contributed by atoms with Crippen molar-refractivity contribution in [3.8, 4) is 17.1 Å². The number of esters is 2. The van der Waals surface area contributed by atoms with E-state index < -0.39 is 17.5 Å². The number of rotatable bonds is 3. The summed E-state index contributed by atoms with van der Waals surface area (Å²) in [4.78, 5) is 44.5. The molecule has 0 fully saturated rings. The summed E-state index contributed by atoms with van der Waals surface area (Å²) in [7, 11) is 0. The molecule has 174 valence electrons. The average Bonchev–Trinajstić information content (AvgIpc) is 3.22. The lowest BCUT2D eigenvalue weighted by molar-refractivity contribution is -0.173. The Balaban J connectivity index is 1.54. The minimum Gasteiger partial charge on any atom is -0.507 e. The van der Waals surface area contributed by atoms with E-state index in [9.17, 15) is 19.5 Å². The summed E-state index contributed by atoms with van der Waals surface area (Å²) in [5, 5.41) is 11.1. The van der Waals surface area contributed by atoms with Crippen molar-refractivity contribution in [2.75, 3.05) is 0 Å². The molecule has 6 rings (SSSR count). The number of phenolic OH excluding ortho intramolecular Hbond substituents is 1. The van der Waals surface area contributed by atoms with Gasteiger partial charge in [0.05, 0.1) is 29.0 Å². The highest BCUT2D eigenvalue weighted by atomic mass is 16.6. The van der Waals surface area contributed by atoms with Crippen molar-refractivity contribution in [2.24, 2.45) is 0 Å². The molecule has 35 heavy (non-hydrogen) atoms. The summed E-state index contributed by atoms with van der Waals surface area (Å²) in [5.41, 5.74) is 1.21. The van der Waals surface area contributed by atoms with Crippen molar-refractivity contribution < 1.29 is 24.2 Å². The van der Waals surface area contributed by atoms with Crippen LogP contribution < -0.4 is 5.56 Å². The number of benzene rings is 2. The smallest absolute Gasteiger partial charge is 0.355 e. The second kappa shape index (κ2) is 7.53. The fourth-order valence-electron chi connectivity index (χ4n) is 4.94. The molecule has 0 aliphatic carbocycles. The fraction of sp³-hybridized carbons (Fsp3) is 0.185. The third kappa shape index (κ3) is 2.99. The molecule has 0 radical (unpaired) electrons. The van der Waals surface area contributed by atoms with Crippen LogP contribution in [0.25, 0.3) is 22.3 Å². The quantitative estimate of drug-likeness (QED) is 0.403. The average molecular weight is 468 g/mol. The van der Waals surface area contributed by atoms with Crippen LogP contribution in [0.5, 0.6) is 5.75 Å². The maximum absolute atomic E-state index is 13.6. The summed E-state index contributed by atoms with van der Waals surface area (Å²) in [6.45, 7) is 1.81. The second-order valence-electron chi connectivity index (χ2n) is 8.67. The molecule has 0 bridgehead atoms. The highest BCUT2D eigenvalue weighted by molar-refractivity contribution is 5.96. The number of aromatic nitrogens is 2. The number of hydrogen-bond donors (Lipinski definition) is 1. The molecular formula is C27H20N2O6. The van der Waals surface area contributed by atoms with Gasteiger partial charge in [0.15, 0.2) is 0 Å². The molecule has 8 heteroatoms. The fourth-order valence-corrected chi connectivity index (χ4v) is 4.94. The number of carbonyl (C=O) groups is 2. The highest BCUT2D eigenvalue weighted by Crippen LogP contribution is 2.41. The summed E-state index contributed by atoms with van der Waals surface area (Å²) in [5.74, 6) is -1.92. The standard InChI is InChI=1S/C27H20N2O6/c1-2-27(35-25(32)17-8-4-6-10-22(17)30)19-12-21-23-16(11-15-7-3-5-9-20(15)28-23)13-29(21)24(31)18(19)14-34-26(27)33/h3-12,30H,2,13-14H2,1H3/t27-/m0/s1. The lowest BCUT2D eigenvalue weighted by Crippen LogP contribution is -2.47. The molecule has 0 spiro atoms. The van der Waals surface area contributed by atoms with Crippen molar-refractivity contribution >= 4 is 22.8 Å². The molecule has 2 aliphatic heterocycles. The second-order valence-corrected chi connectivity index (χ2v) is 8.67. The van der Waals surface area contributed by atoms with Crippen LogP contribution in [0.2, 0.25) is 0 Å². The van der Waals surface area contributed by atoms with Crippen molar-refractivity contribution in [1.29, 1.82) is 0 Å². The zero-order valence-corrected chi connectivity index (χ0v) is 18.8. The maximum Gasteiger partial charge on any atom is 0.355 e. The van der Waals surface area contributed by atoms with Crippen LogP contribution in [0.15, 0.2) is 65.5 Å². The molecular weight excluding hydrogens is 448 g/mol. The highest BCUT2D eigenvalue weighted by Gasteiger charge is 2.50. The van der Waals surface area contributed by atoms with Crippen LogP contribution in [-0.2, 0) is 33.0 Å². The molecule has 1 atom stereocenters. The predicted octanol–water partition coefficient (Wildman–Crippen LogP) is 3.65. The van der Waals surface area contributed by atoms with Gasteiger partial charge in [0.25, 0.3) is 5.56 Å². The molecule has 0 saturated carbocycles. The third-order valence-electron chi connectivity index (χ3n) is 6.78. The van der Waals surface area contributed by atoms with Crippen LogP contribution in [0.1, 0.15) is 40.4 Å².